The SMILES string of the molecule is CCNc1cccnc1N1CCN(CC(=O)O)CC1.Cl. The summed E-state index contributed by atoms with van der Waals surface area (Å²) < 4.78 is 0. The molecule has 1 aliphatic rings. The zero-order valence-electron chi connectivity index (χ0n) is 11.6. The largest absolute Gasteiger partial charge is 0.480 e. The van der Waals surface area contributed by atoms with Crippen LogP contribution < -0.4 is 10.2 Å². The minimum Gasteiger partial charge on any atom is -0.480 e. The summed E-state index contributed by atoms with van der Waals surface area (Å²) in [5, 5.41) is 12.1. The van der Waals surface area contributed by atoms with E-state index in [4.69, 9.17) is 5.11 Å². The standard InChI is InChI=1S/C13H20N4O2.ClH/c1-2-14-11-4-3-5-15-13(11)17-8-6-16(7-9-17)10-12(18)19;/h3-5,14H,2,6-10H2,1H3,(H,18,19);1H. The number of carboxylic acids is 1. The van der Waals surface area contributed by atoms with Crippen LogP contribution in [0.25, 0.3) is 0 Å². The zero-order valence-corrected chi connectivity index (χ0v) is 12.4. The molecule has 112 valence electrons. The van der Waals surface area contributed by atoms with Gasteiger partial charge < -0.3 is 15.3 Å². The maximum atomic E-state index is 10.7. The number of piperazine rings is 1. The number of carboxylic acid groups (broad SMARTS) is 1. The third kappa shape index (κ3) is 4.25. The van der Waals surface area contributed by atoms with Gasteiger partial charge >= 0.3 is 5.97 Å². The summed E-state index contributed by atoms with van der Waals surface area (Å²) >= 11 is 0. The molecule has 2 rings (SSSR count). The number of hydrogen-bond acceptors (Lipinski definition) is 5. The van der Waals surface area contributed by atoms with E-state index in [0.29, 0.717) is 0 Å². The Morgan fingerprint density at radius 1 is 1.40 bits per heavy atom. The first-order valence-corrected chi connectivity index (χ1v) is 6.58. The van der Waals surface area contributed by atoms with Gasteiger partial charge in [0.1, 0.15) is 0 Å². The van der Waals surface area contributed by atoms with Crippen molar-refractivity contribution in [3.05, 3.63) is 18.3 Å². The molecule has 0 saturated carbocycles. The number of hydrogen-bond donors (Lipinski definition) is 2. The maximum absolute atomic E-state index is 10.7. The monoisotopic (exact) mass is 300 g/mol. The number of nitrogens with one attached hydrogen (secondary N) is 1. The summed E-state index contributed by atoms with van der Waals surface area (Å²) in [4.78, 5) is 19.3. The quantitative estimate of drug-likeness (QED) is 0.850. The van der Waals surface area contributed by atoms with Crippen LogP contribution >= 0.6 is 12.4 Å². The molecular formula is C13H21ClN4O2. The molecule has 1 aromatic heterocycles. The van der Waals surface area contributed by atoms with Gasteiger partial charge in [0.05, 0.1) is 12.2 Å². The third-order valence-electron chi connectivity index (χ3n) is 3.18. The molecule has 2 heterocycles. The molecule has 0 unspecified atom stereocenters. The predicted octanol–water partition coefficient (Wildman–Crippen LogP) is 1.14. The highest BCUT2D eigenvalue weighted by Gasteiger charge is 2.21. The van der Waals surface area contributed by atoms with Gasteiger partial charge in [-0.05, 0) is 19.1 Å². The fourth-order valence-electron chi connectivity index (χ4n) is 2.29. The summed E-state index contributed by atoms with van der Waals surface area (Å²) in [6, 6.07) is 3.94. The number of pyridine rings is 1. The predicted molar refractivity (Wildman–Crippen MR) is 81.9 cm³/mol. The van der Waals surface area contributed by atoms with E-state index in [-0.39, 0.29) is 19.0 Å². The second-order valence-corrected chi connectivity index (χ2v) is 4.56. The van der Waals surface area contributed by atoms with Crippen LogP contribution in [0.2, 0.25) is 0 Å². The van der Waals surface area contributed by atoms with E-state index >= 15 is 0 Å². The van der Waals surface area contributed by atoms with Crippen molar-refractivity contribution in [1.82, 2.24) is 9.88 Å². The lowest BCUT2D eigenvalue weighted by atomic mass is 10.2. The van der Waals surface area contributed by atoms with Crippen molar-refractivity contribution in [2.75, 3.05) is 49.5 Å². The van der Waals surface area contributed by atoms with E-state index in [1.165, 1.54) is 0 Å². The third-order valence-corrected chi connectivity index (χ3v) is 3.18. The van der Waals surface area contributed by atoms with Gasteiger partial charge in [-0.3, -0.25) is 9.69 Å². The van der Waals surface area contributed by atoms with Gasteiger partial charge in [-0.15, -0.1) is 12.4 Å². The summed E-state index contributed by atoms with van der Waals surface area (Å²) in [5.74, 6) is 0.193. The number of anilines is 2. The molecule has 7 heteroatoms. The first-order valence-electron chi connectivity index (χ1n) is 6.58. The smallest absolute Gasteiger partial charge is 0.317 e. The van der Waals surface area contributed by atoms with Gasteiger partial charge in [-0.2, -0.15) is 0 Å². The van der Waals surface area contributed by atoms with E-state index in [9.17, 15) is 4.79 Å². The maximum Gasteiger partial charge on any atom is 0.317 e. The van der Waals surface area contributed by atoms with Gasteiger partial charge in [0.25, 0.3) is 0 Å². The zero-order chi connectivity index (χ0) is 13.7. The molecule has 1 aromatic rings. The van der Waals surface area contributed by atoms with E-state index in [0.717, 1.165) is 44.2 Å². The minimum absolute atomic E-state index is 0. The van der Waals surface area contributed by atoms with Crippen LogP contribution in [0.1, 0.15) is 6.92 Å². The normalized spacial score (nSPS) is 15.6. The van der Waals surface area contributed by atoms with Crippen LogP contribution in [0.15, 0.2) is 18.3 Å². The Morgan fingerprint density at radius 3 is 2.70 bits per heavy atom. The number of nitrogens with zero attached hydrogens (tertiary/aromatic N) is 3. The van der Waals surface area contributed by atoms with E-state index in [1.807, 2.05) is 17.0 Å². The highest BCUT2D eigenvalue weighted by molar-refractivity contribution is 5.85. The van der Waals surface area contributed by atoms with Crippen molar-refractivity contribution < 1.29 is 9.90 Å². The van der Waals surface area contributed by atoms with E-state index < -0.39 is 5.97 Å². The van der Waals surface area contributed by atoms with Gasteiger partial charge in [0.15, 0.2) is 5.82 Å². The molecular weight excluding hydrogens is 280 g/mol. The lowest BCUT2D eigenvalue weighted by molar-refractivity contribution is -0.138. The minimum atomic E-state index is -0.764. The Bertz CT molecular complexity index is 436. The van der Waals surface area contributed by atoms with Crippen LogP contribution in [-0.4, -0.2) is 60.2 Å². The summed E-state index contributed by atoms with van der Waals surface area (Å²) in [5.41, 5.74) is 1.04. The number of rotatable bonds is 5. The fraction of sp³-hybridized carbons (Fsp3) is 0.538. The van der Waals surface area contributed by atoms with Crippen molar-refractivity contribution in [3.63, 3.8) is 0 Å². The highest BCUT2D eigenvalue weighted by atomic mass is 35.5. The van der Waals surface area contributed by atoms with Gasteiger partial charge in [0, 0.05) is 38.9 Å². The van der Waals surface area contributed by atoms with E-state index in [2.05, 4.69) is 22.1 Å². The summed E-state index contributed by atoms with van der Waals surface area (Å²) in [6.07, 6.45) is 1.79. The van der Waals surface area contributed by atoms with Gasteiger partial charge in [0.2, 0.25) is 0 Å². The lowest BCUT2D eigenvalue weighted by Crippen LogP contribution is -2.48. The number of aromatic nitrogens is 1. The van der Waals surface area contributed by atoms with Crippen LogP contribution in [0.4, 0.5) is 11.5 Å². The average Bonchev–Trinajstić information content (AvgIpc) is 2.40. The Morgan fingerprint density at radius 2 is 2.10 bits per heavy atom. The van der Waals surface area contributed by atoms with Gasteiger partial charge in [-0.25, -0.2) is 4.98 Å². The molecule has 20 heavy (non-hydrogen) atoms. The van der Waals surface area contributed by atoms with Gasteiger partial charge in [-0.1, -0.05) is 0 Å². The molecule has 1 aliphatic heterocycles. The van der Waals surface area contributed by atoms with Crippen molar-refractivity contribution in [2.45, 2.75) is 6.92 Å². The molecule has 0 aromatic carbocycles. The molecule has 1 fully saturated rings. The fourth-order valence-corrected chi connectivity index (χ4v) is 2.29. The average molecular weight is 301 g/mol. The molecule has 2 N–H and O–H groups in total. The topological polar surface area (TPSA) is 68.7 Å². The Hall–Kier alpha value is -1.53. The second kappa shape index (κ2) is 7.91. The second-order valence-electron chi connectivity index (χ2n) is 4.56. The molecule has 0 spiro atoms. The molecule has 0 atom stereocenters. The van der Waals surface area contributed by atoms with Crippen molar-refractivity contribution in [1.29, 1.82) is 0 Å². The molecule has 0 aliphatic carbocycles. The van der Waals surface area contributed by atoms with Crippen LogP contribution in [-0.2, 0) is 4.79 Å². The number of halogens is 1. The Labute approximate surface area is 125 Å². The molecule has 0 bridgehead atoms. The molecule has 1 saturated heterocycles. The molecule has 6 nitrogen and oxygen atoms in total. The van der Waals surface area contributed by atoms with Crippen LogP contribution in [0.3, 0.4) is 0 Å². The van der Waals surface area contributed by atoms with Crippen molar-refractivity contribution >= 4 is 29.9 Å². The Balaban J connectivity index is 0.00000200. The highest BCUT2D eigenvalue weighted by Crippen LogP contribution is 2.23. The number of aliphatic carboxylic acids is 1. The summed E-state index contributed by atoms with van der Waals surface area (Å²) in [6.45, 7) is 6.17. The summed E-state index contributed by atoms with van der Waals surface area (Å²) in [7, 11) is 0. The number of carbonyl (C=O) groups is 1. The molecule has 0 amide bonds. The van der Waals surface area contributed by atoms with Crippen molar-refractivity contribution in [2.24, 2.45) is 0 Å². The first kappa shape index (κ1) is 16.5. The van der Waals surface area contributed by atoms with Crippen molar-refractivity contribution in [3.8, 4) is 0 Å². The van der Waals surface area contributed by atoms with Crippen LogP contribution in [0, 0.1) is 0 Å². The molecule has 0 radical (unpaired) electrons. The lowest BCUT2D eigenvalue weighted by Gasteiger charge is -2.35. The van der Waals surface area contributed by atoms with Crippen LogP contribution in [0.5, 0.6) is 0 Å². The first-order chi connectivity index (χ1) is 9.20. The van der Waals surface area contributed by atoms with E-state index in [1.54, 1.807) is 6.20 Å². The Kier molecular flexibility index (Phi) is 6.54.